The van der Waals surface area contributed by atoms with Gasteiger partial charge in [-0.2, -0.15) is 0 Å². The minimum atomic E-state index is -1.61. The molecule has 1 fully saturated rings. The third-order valence-electron chi connectivity index (χ3n) is 12.9. The smallest absolute Gasteiger partial charge is 0.249 e. The highest BCUT2D eigenvalue weighted by atomic mass is 16.7. The summed E-state index contributed by atoms with van der Waals surface area (Å²) in [6.45, 7) is 3.58. The molecule has 1 saturated heterocycles. The largest absolute Gasteiger partial charge is 0.394 e. The summed E-state index contributed by atoms with van der Waals surface area (Å²) in [5.41, 5.74) is 0. The number of nitrogens with one attached hydrogen (secondary N) is 1. The number of amides is 1. The molecular weight excluding hydrogens is 795 g/mol. The van der Waals surface area contributed by atoms with Crippen LogP contribution in [0.15, 0.2) is 24.3 Å². The Labute approximate surface area is 386 Å². The van der Waals surface area contributed by atoms with Crippen LogP contribution in [0.5, 0.6) is 0 Å². The first-order valence-corrected chi connectivity index (χ1v) is 26.7. The second-order valence-electron chi connectivity index (χ2n) is 18.8. The molecule has 1 aliphatic heterocycles. The first-order chi connectivity index (χ1) is 30.8. The van der Waals surface area contributed by atoms with Crippen LogP contribution < -0.4 is 5.32 Å². The van der Waals surface area contributed by atoms with Crippen LogP contribution >= 0.6 is 0 Å². The highest BCUT2D eigenvalue weighted by Crippen LogP contribution is 2.23. The number of hydrogen-bond acceptors (Lipinski definition) is 9. The number of hydrogen-bond donors (Lipinski definition) is 7. The van der Waals surface area contributed by atoms with Gasteiger partial charge in [0.05, 0.1) is 25.4 Å². The quantitative estimate of drug-likeness (QED) is 0.0232. The summed E-state index contributed by atoms with van der Waals surface area (Å²) in [7, 11) is 0. The Morgan fingerprint density at radius 1 is 0.540 bits per heavy atom. The van der Waals surface area contributed by atoms with Crippen molar-refractivity contribution in [2.45, 2.75) is 294 Å². The molecule has 8 atom stereocenters. The normalized spacial score (nSPS) is 20.8. The van der Waals surface area contributed by atoms with Crippen molar-refractivity contribution in [3.63, 3.8) is 0 Å². The van der Waals surface area contributed by atoms with Gasteiger partial charge in [-0.05, 0) is 32.1 Å². The zero-order chi connectivity index (χ0) is 46.0. The van der Waals surface area contributed by atoms with Gasteiger partial charge in [0.2, 0.25) is 5.91 Å². The van der Waals surface area contributed by atoms with Crippen molar-refractivity contribution in [1.29, 1.82) is 0 Å². The highest BCUT2D eigenvalue weighted by Gasteiger charge is 2.44. The van der Waals surface area contributed by atoms with Gasteiger partial charge >= 0.3 is 0 Å². The maximum atomic E-state index is 13.1. The van der Waals surface area contributed by atoms with E-state index < -0.39 is 61.5 Å². The van der Waals surface area contributed by atoms with Crippen molar-refractivity contribution in [3.05, 3.63) is 24.3 Å². The minimum absolute atomic E-state index is 0.308. The van der Waals surface area contributed by atoms with Crippen molar-refractivity contribution >= 4 is 5.91 Å². The van der Waals surface area contributed by atoms with Crippen LogP contribution in [0.2, 0.25) is 0 Å². The Hall–Kier alpha value is -1.37. The second kappa shape index (κ2) is 43.2. The van der Waals surface area contributed by atoms with E-state index in [1.165, 1.54) is 180 Å². The maximum Gasteiger partial charge on any atom is 0.249 e. The third kappa shape index (κ3) is 32.9. The zero-order valence-corrected chi connectivity index (χ0v) is 40.7. The molecule has 0 aromatic carbocycles. The van der Waals surface area contributed by atoms with E-state index in [0.29, 0.717) is 19.3 Å². The lowest BCUT2D eigenvalue weighted by Gasteiger charge is -2.40. The predicted molar refractivity (Wildman–Crippen MR) is 260 cm³/mol. The van der Waals surface area contributed by atoms with Gasteiger partial charge in [0.15, 0.2) is 6.29 Å². The fourth-order valence-corrected chi connectivity index (χ4v) is 8.53. The highest BCUT2D eigenvalue weighted by molar-refractivity contribution is 5.80. The molecule has 1 aliphatic rings. The lowest BCUT2D eigenvalue weighted by molar-refractivity contribution is -0.302. The first kappa shape index (κ1) is 59.6. The van der Waals surface area contributed by atoms with Gasteiger partial charge in [0.1, 0.15) is 30.5 Å². The molecule has 372 valence electrons. The van der Waals surface area contributed by atoms with Gasteiger partial charge in [-0.15, -0.1) is 0 Å². The van der Waals surface area contributed by atoms with Gasteiger partial charge < -0.3 is 45.4 Å². The SMILES string of the molecule is CCCCCCC/C=C/CC/C=C/C(O)C(COC1OC(CO)C(O)C(O)C1O)NC(=O)C(O)CCCCCCCCCCCCCCCCCCCCCCCCCCCCC. The molecule has 0 aliphatic carbocycles. The van der Waals surface area contributed by atoms with E-state index in [1.807, 2.05) is 6.08 Å². The van der Waals surface area contributed by atoms with Gasteiger partial charge in [-0.3, -0.25) is 4.79 Å². The molecule has 1 amide bonds. The lowest BCUT2D eigenvalue weighted by atomic mass is 9.99. The standard InChI is InChI=1S/C53H101NO9/c1-3-5-7-9-11-13-15-16-17-18-19-20-21-22-23-24-25-26-27-28-29-30-32-34-36-38-40-42-47(57)52(61)54-45(44-62-53-51(60)50(59)49(58)48(43-55)63-53)46(56)41-39-37-35-33-31-14-12-10-8-6-4-2/h31,33,39,41,45-51,53,55-60H,3-30,32,34-38,40,42-44H2,1-2H3,(H,54,61)/b33-31+,41-39+. The Morgan fingerprint density at radius 3 is 1.38 bits per heavy atom. The van der Waals surface area contributed by atoms with Gasteiger partial charge in [0.25, 0.3) is 0 Å². The molecule has 1 rings (SSSR count). The van der Waals surface area contributed by atoms with E-state index in [0.717, 1.165) is 32.1 Å². The summed E-state index contributed by atoms with van der Waals surface area (Å²) >= 11 is 0. The van der Waals surface area contributed by atoms with Crippen LogP contribution in [0.3, 0.4) is 0 Å². The lowest BCUT2D eigenvalue weighted by Crippen LogP contribution is -2.60. The second-order valence-corrected chi connectivity index (χ2v) is 18.8. The topological polar surface area (TPSA) is 169 Å². The van der Waals surface area contributed by atoms with Gasteiger partial charge in [0, 0.05) is 0 Å². The van der Waals surface area contributed by atoms with Crippen molar-refractivity contribution in [3.8, 4) is 0 Å². The number of aliphatic hydroxyl groups excluding tert-OH is 6. The molecule has 0 aromatic heterocycles. The number of carbonyl (C=O) groups is 1. The van der Waals surface area contributed by atoms with Crippen LogP contribution in [0, 0.1) is 0 Å². The Morgan fingerprint density at radius 2 is 0.937 bits per heavy atom. The number of aliphatic hydroxyl groups is 6. The molecule has 63 heavy (non-hydrogen) atoms. The van der Waals surface area contributed by atoms with Crippen molar-refractivity contribution in [2.24, 2.45) is 0 Å². The molecule has 7 N–H and O–H groups in total. The minimum Gasteiger partial charge on any atom is -0.394 e. The van der Waals surface area contributed by atoms with E-state index in [4.69, 9.17) is 9.47 Å². The number of carbonyl (C=O) groups excluding carboxylic acids is 1. The molecule has 8 unspecified atom stereocenters. The number of unbranched alkanes of at least 4 members (excludes halogenated alkanes) is 32. The predicted octanol–water partition coefficient (Wildman–Crippen LogP) is 11.2. The summed E-state index contributed by atoms with van der Waals surface area (Å²) < 4.78 is 11.1. The molecule has 1 heterocycles. The monoisotopic (exact) mass is 896 g/mol. The molecule has 0 spiro atoms. The van der Waals surface area contributed by atoms with Crippen LogP contribution in [-0.2, 0) is 14.3 Å². The summed E-state index contributed by atoms with van der Waals surface area (Å²) in [5, 5.41) is 64.7. The third-order valence-corrected chi connectivity index (χ3v) is 12.9. The van der Waals surface area contributed by atoms with E-state index in [1.54, 1.807) is 6.08 Å². The molecule has 0 saturated carbocycles. The Bertz CT molecular complexity index is 1060. The Balaban J connectivity index is 2.21. The van der Waals surface area contributed by atoms with Crippen LogP contribution in [0.4, 0.5) is 0 Å². The van der Waals surface area contributed by atoms with Crippen LogP contribution in [-0.4, -0.2) is 98.7 Å². The molecule has 10 heteroatoms. The number of allylic oxidation sites excluding steroid dienone is 3. The zero-order valence-electron chi connectivity index (χ0n) is 40.7. The average molecular weight is 896 g/mol. The number of rotatable bonds is 45. The van der Waals surface area contributed by atoms with E-state index >= 15 is 0 Å². The van der Waals surface area contributed by atoms with E-state index in [9.17, 15) is 35.4 Å². The maximum absolute atomic E-state index is 13.1. The Kier molecular flexibility index (Phi) is 40.9. The molecule has 10 nitrogen and oxygen atoms in total. The molecule has 0 aromatic rings. The summed E-state index contributed by atoms with van der Waals surface area (Å²) in [4.78, 5) is 13.1. The summed E-state index contributed by atoms with van der Waals surface area (Å²) in [5.74, 6) is -0.624. The average Bonchev–Trinajstić information content (AvgIpc) is 3.28. The molecular formula is C53H101NO9. The van der Waals surface area contributed by atoms with Crippen LogP contribution in [0.25, 0.3) is 0 Å². The fourth-order valence-electron chi connectivity index (χ4n) is 8.53. The molecule has 0 radical (unpaired) electrons. The molecule has 0 bridgehead atoms. The first-order valence-electron chi connectivity index (χ1n) is 26.7. The van der Waals surface area contributed by atoms with E-state index in [2.05, 4.69) is 31.3 Å². The van der Waals surface area contributed by atoms with Crippen LogP contribution in [0.1, 0.15) is 245 Å². The van der Waals surface area contributed by atoms with Crippen molar-refractivity contribution in [1.82, 2.24) is 5.32 Å². The fraction of sp³-hybridized carbons (Fsp3) is 0.906. The van der Waals surface area contributed by atoms with E-state index in [-0.39, 0.29) is 6.61 Å². The van der Waals surface area contributed by atoms with Crippen molar-refractivity contribution in [2.75, 3.05) is 13.2 Å². The number of ether oxygens (including phenoxy) is 2. The van der Waals surface area contributed by atoms with Gasteiger partial charge in [-0.1, -0.05) is 237 Å². The summed E-state index contributed by atoms with van der Waals surface area (Å²) in [6, 6.07) is -0.992. The summed E-state index contributed by atoms with van der Waals surface area (Å²) in [6.07, 6.45) is 43.0. The van der Waals surface area contributed by atoms with Gasteiger partial charge in [-0.25, -0.2) is 0 Å². The van der Waals surface area contributed by atoms with Crippen molar-refractivity contribution < 1.29 is 44.9 Å².